The number of aromatic nitrogens is 1. The molecule has 2 rings (SSSR count). The van der Waals surface area contributed by atoms with Crippen molar-refractivity contribution in [2.75, 3.05) is 12.3 Å². The summed E-state index contributed by atoms with van der Waals surface area (Å²) in [6.07, 6.45) is 3.29. The Hall–Kier alpha value is -0.740. The van der Waals surface area contributed by atoms with Crippen molar-refractivity contribution in [3.63, 3.8) is 0 Å². The Kier molecular flexibility index (Phi) is 2.93. The fourth-order valence-electron chi connectivity index (χ4n) is 1.50. The molecule has 1 saturated heterocycles. The maximum atomic E-state index is 5.52. The van der Waals surface area contributed by atoms with E-state index in [0.717, 1.165) is 13.0 Å². The van der Waals surface area contributed by atoms with Gasteiger partial charge in [0.25, 0.3) is 0 Å². The average molecular weight is 210 g/mol. The smallest absolute Gasteiger partial charge is 0.123 e. The van der Waals surface area contributed by atoms with E-state index >= 15 is 0 Å². The third-order valence-electron chi connectivity index (χ3n) is 2.35. The molecule has 0 spiro atoms. The lowest BCUT2D eigenvalue weighted by Crippen LogP contribution is -2.12. The maximum absolute atomic E-state index is 5.52. The van der Waals surface area contributed by atoms with Crippen molar-refractivity contribution in [1.29, 1.82) is 0 Å². The van der Waals surface area contributed by atoms with Crippen LogP contribution in [-0.2, 0) is 4.74 Å². The predicted octanol–water partition coefficient (Wildman–Crippen LogP) is 1.93. The van der Waals surface area contributed by atoms with E-state index in [4.69, 9.17) is 10.5 Å². The van der Waals surface area contributed by atoms with Crippen LogP contribution in [0.5, 0.6) is 0 Å². The summed E-state index contributed by atoms with van der Waals surface area (Å²) in [6, 6.07) is 3.85. The molecule has 14 heavy (non-hydrogen) atoms. The van der Waals surface area contributed by atoms with E-state index in [1.807, 2.05) is 30.1 Å². The fourth-order valence-corrected chi connectivity index (χ4v) is 2.60. The molecule has 0 radical (unpaired) electrons. The van der Waals surface area contributed by atoms with Crippen molar-refractivity contribution in [3.05, 3.63) is 18.3 Å². The molecule has 1 aliphatic rings. The second-order valence-corrected chi connectivity index (χ2v) is 4.75. The third kappa shape index (κ3) is 2.19. The number of hydrogen-bond acceptors (Lipinski definition) is 4. The van der Waals surface area contributed by atoms with Crippen molar-refractivity contribution in [2.24, 2.45) is 0 Å². The largest absolute Gasteiger partial charge is 0.384 e. The lowest BCUT2D eigenvalue weighted by Gasteiger charge is -2.12. The second-order valence-electron chi connectivity index (χ2n) is 3.44. The monoisotopic (exact) mass is 210 g/mol. The quantitative estimate of drug-likeness (QED) is 0.810. The molecular formula is C10H14N2OS. The summed E-state index contributed by atoms with van der Waals surface area (Å²) < 4.78 is 5.50. The number of rotatable bonds is 2. The molecule has 0 aromatic carbocycles. The second kappa shape index (κ2) is 4.19. The van der Waals surface area contributed by atoms with Gasteiger partial charge < -0.3 is 10.5 Å². The third-order valence-corrected chi connectivity index (χ3v) is 3.79. The molecule has 1 fully saturated rings. The van der Waals surface area contributed by atoms with Crippen molar-refractivity contribution in [1.82, 2.24) is 4.98 Å². The van der Waals surface area contributed by atoms with Crippen LogP contribution in [-0.4, -0.2) is 22.9 Å². The molecule has 0 saturated carbocycles. The summed E-state index contributed by atoms with van der Waals surface area (Å²) in [7, 11) is 0. The first kappa shape index (κ1) is 9.80. The highest BCUT2D eigenvalue weighted by molar-refractivity contribution is 8.00. The molecule has 0 aliphatic carbocycles. The molecule has 1 aromatic heterocycles. The number of nitrogens with zero attached hydrogens (tertiary/aromatic N) is 1. The number of nitrogen functional groups attached to an aromatic ring is 1. The van der Waals surface area contributed by atoms with Gasteiger partial charge in [-0.2, -0.15) is 0 Å². The topological polar surface area (TPSA) is 48.1 Å². The minimum absolute atomic E-state index is 0.345. The molecule has 2 N–H and O–H groups in total. The van der Waals surface area contributed by atoms with Crippen molar-refractivity contribution in [3.8, 4) is 0 Å². The molecule has 1 aromatic rings. The number of hydrogen-bond donors (Lipinski definition) is 1. The van der Waals surface area contributed by atoms with E-state index in [9.17, 15) is 0 Å². The van der Waals surface area contributed by atoms with Gasteiger partial charge in [0.1, 0.15) is 5.82 Å². The minimum atomic E-state index is 0.345. The van der Waals surface area contributed by atoms with Gasteiger partial charge in [0, 0.05) is 22.9 Å². The van der Waals surface area contributed by atoms with Gasteiger partial charge in [-0.15, -0.1) is 11.8 Å². The highest BCUT2D eigenvalue weighted by atomic mass is 32.2. The van der Waals surface area contributed by atoms with E-state index in [1.165, 1.54) is 4.90 Å². The summed E-state index contributed by atoms with van der Waals surface area (Å²) in [4.78, 5) is 5.23. The zero-order valence-electron chi connectivity index (χ0n) is 8.14. The molecule has 2 heterocycles. The maximum Gasteiger partial charge on any atom is 0.123 e. The molecule has 1 aliphatic heterocycles. The summed E-state index contributed by atoms with van der Waals surface area (Å²) in [6.45, 7) is 3.00. The molecular weight excluding hydrogens is 196 g/mol. The predicted molar refractivity (Wildman–Crippen MR) is 58.3 cm³/mol. The Balaban J connectivity index is 2.00. The molecule has 3 nitrogen and oxygen atoms in total. The number of ether oxygens (including phenoxy) is 1. The van der Waals surface area contributed by atoms with Gasteiger partial charge >= 0.3 is 0 Å². The zero-order chi connectivity index (χ0) is 9.97. The number of thioether (sulfide) groups is 1. The Bertz CT molecular complexity index is 301. The van der Waals surface area contributed by atoms with Crippen LogP contribution in [0.15, 0.2) is 23.2 Å². The zero-order valence-corrected chi connectivity index (χ0v) is 8.96. The average Bonchev–Trinajstić information content (AvgIpc) is 2.56. The van der Waals surface area contributed by atoms with E-state index in [-0.39, 0.29) is 0 Å². The van der Waals surface area contributed by atoms with Crippen molar-refractivity contribution in [2.45, 2.75) is 29.6 Å². The van der Waals surface area contributed by atoms with Gasteiger partial charge in [-0.1, -0.05) is 0 Å². The first-order chi connectivity index (χ1) is 6.75. The van der Waals surface area contributed by atoms with Crippen LogP contribution in [0.4, 0.5) is 5.82 Å². The first-order valence-electron chi connectivity index (χ1n) is 4.75. The summed E-state index contributed by atoms with van der Waals surface area (Å²) in [5, 5.41) is 0.556. The van der Waals surface area contributed by atoms with Gasteiger partial charge in [0.05, 0.1) is 6.10 Å². The summed E-state index contributed by atoms with van der Waals surface area (Å²) >= 11 is 1.82. The molecule has 0 amide bonds. The Labute approximate surface area is 88.0 Å². The summed E-state index contributed by atoms with van der Waals surface area (Å²) in [5.74, 6) is 0.574. The number of anilines is 1. The van der Waals surface area contributed by atoms with Gasteiger partial charge in [-0.3, -0.25) is 0 Å². The van der Waals surface area contributed by atoms with E-state index in [1.54, 1.807) is 0 Å². The van der Waals surface area contributed by atoms with Crippen LogP contribution >= 0.6 is 11.8 Å². The molecule has 2 atom stereocenters. The van der Waals surface area contributed by atoms with E-state index in [2.05, 4.69) is 11.9 Å². The van der Waals surface area contributed by atoms with Crippen molar-refractivity contribution >= 4 is 17.6 Å². The Morgan fingerprint density at radius 1 is 1.57 bits per heavy atom. The molecule has 0 bridgehead atoms. The van der Waals surface area contributed by atoms with Gasteiger partial charge in [-0.05, 0) is 25.5 Å². The van der Waals surface area contributed by atoms with Gasteiger partial charge in [-0.25, -0.2) is 4.98 Å². The summed E-state index contributed by atoms with van der Waals surface area (Å²) in [5.41, 5.74) is 5.52. The van der Waals surface area contributed by atoms with Crippen LogP contribution in [0.25, 0.3) is 0 Å². The standard InChI is InChI=1S/C10H14N2OS/c1-7-9(4-5-13-7)14-8-2-3-10(11)12-6-8/h2-3,6-7,9H,4-5H2,1H3,(H2,11,12). The van der Waals surface area contributed by atoms with Crippen molar-refractivity contribution < 1.29 is 4.74 Å². The Morgan fingerprint density at radius 2 is 2.43 bits per heavy atom. The fraction of sp³-hybridized carbons (Fsp3) is 0.500. The van der Waals surface area contributed by atoms with Gasteiger partial charge in [0.2, 0.25) is 0 Å². The minimum Gasteiger partial charge on any atom is -0.384 e. The van der Waals surface area contributed by atoms with Crippen LogP contribution in [0.2, 0.25) is 0 Å². The highest BCUT2D eigenvalue weighted by Gasteiger charge is 2.24. The van der Waals surface area contributed by atoms with E-state index in [0.29, 0.717) is 17.2 Å². The lowest BCUT2D eigenvalue weighted by molar-refractivity contribution is 0.127. The van der Waals surface area contributed by atoms with Crippen LogP contribution in [0.1, 0.15) is 13.3 Å². The van der Waals surface area contributed by atoms with E-state index < -0.39 is 0 Å². The molecule has 2 unspecified atom stereocenters. The number of pyridine rings is 1. The van der Waals surface area contributed by atoms with Crippen LogP contribution in [0, 0.1) is 0 Å². The molecule has 76 valence electrons. The lowest BCUT2D eigenvalue weighted by atomic mass is 10.3. The first-order valence-corrected chi connectivity index (χ1v) is 5.63. The normalized spacial score (nSPS) is 26.6. The Morgan fingerprint density at radius 3 is 3.00 bits per heavy atom. The van der Waals surface area contributed by atoms with Crippen LogP contribution in [0.3, 0.4) is 0 Å². The highest BCUT2D eigenvalue weighted by Crippen LogP contribution is 2.32. The van der Waals surface area contributed by atoms with Gasteiger partial charge in [0.15, 0.2) is 0 Å². The number of nitrogens with two attached hydrogens (primary N) is 1. The molecule has 4 heteroatoms. The SMILES string of the molecule is CC1OCCC1Sc1ccc(N)nc1. The van der Waals surface area contributed by atoms with Crippen LogP contribution < -0.4 is 5.73 Å².